The van der Waals surface area contributed by atoms with E-state index < -0.39 is 11.7 Å². The molecule has 0 saturated carbocycles. The van der Waals surface area contributed by atoms with Crippen LogP contribution in [0.4, 0.5) is 13.2 Å². The summed E-state index contributed by atoms with van der Waals surface area (Å²) in [7, 11) is 0. The molecule has 2 nitrogen and oxygen atoms in total. The van der Waals surface area contributed by atoms with E-state index in [9.17, 15) is 13.2 Å². The van der Waals surface area contributed by atoms with E-state index in [1.807, 2.05) is 13.0 Å². The minimum Gasteiger partial charge on any atom is -0.237 e. The fourth-order valence-electron chi connectivity index (χ4n) is 1.74. The molecule has 2 rings (SSSR count). The summed E-state index contributed by atoms with van der Waals surface area (Å²) in [5.74, 6) is 0.458. The third kappa shape index (κ3) is 3.30. The predicted molar refractivity (Wildman–Crippen MR) is 66.5 cm³/mol. The van der Waals surface area contributed by atoms with Crippen LogP contribution in [0, 0.1) is 0 Å². The fourth-order valence-corrected chi connectivity index (χ4v) is 1.74. The maximum atomic E-state index is 12.5. The third-order valence-corrected chi connectivity index (χ3v) is 2.69. The highest BCUT2D eigenvalue weighted by Gasteiger charge is 2.30. The number of alkyl halides is 3. The van der Waals surface area contributed by atoms with Gasteiger partial charge in [-0.15, -0.1) is 0 Å². The van der Waals surface area contributed by atoms with Gasteiger partial charge >= 0.3 is 6.18 Å². The minimum atomic E-state index is -4.32. The van der Waals surface area contributed by atoms with E-state index in [0.717, 1.165) is 30.7 Å². The van der Waals surface area contributed by atoms with Crippen LogP contribution in [0.1, 0.15) is 24.6 Å². The maximum Gasteiger partial charge on any atom is 0.416 e. The highest BCUT2D eigenvalue weighted by Crippen LogP contribution is 2.30. The van der Waals surface area contributed by atoms with Crippen molar-refractivity contribution in [2.45, 2.75) is 25.9 Å². The van der Waals surface area contributed by atoms with Crippen LogP contribution < -0.4 is 0 Å². The molecule has 19 heavy (non-hydrogen) atoms. The van der Waals surface area contributed by atoms with E-state index in [0.29, 0.717) is 11.4 Å². The van der Waals surface area contributed by atoms with E-state index in [1.54, 1.807) is 6.20 Å². The first kappa shape index (κ1) is 13.5. The van der Waals surface area contributed by atoms with Crippen molar-refractivity contribution in [3.8, 4) is 11.4 Å². The van der Waals surface area contributed by atoms with E-state index in [2.05, 4.69) is 9.97 Å². The molecule has 0 N–H and O–H groups in total. The summed E-state index contributed by atoms with van der Waals surface area (Å²) in [4.78, 5) is 8.42. The minimum absolute atomic E-state index is 0.458. The second-order valence-electron chi connectivity index (χ2n) is 4.20. The van der Waals surface area contributed by atoms with Gasteiger partial charge in [0.25, 0.3) is 0 Å². The van der Waals surface area contributed by atoms with E-state index >= 15 is 0 Å². The predicted octanol–water partition coefficient (Wildman–Crippen LogP) is 4.11. The van der Waals surface area contributed by atoms with Gasteiger partial charge in [0, 0.05) is 17.5 Å². The summed E-state index contributed by atoms with van der Waals surface area (Å²) in [5.41, 5.74) is 0.819. The molecule has 0 unspecified atom stereocenters. The molecule has 0 bridgehead atoms. The number of aryl methyl sites for hydroxylation is 1. The van der Waals surface area contributed by atoms with Crippen molar-refractivity contribution in [3.63, 3.8) is 0 Å². The van der Waals surface area contributed by atoms with Crippen molar-refractivity contribution in [1.82, 2.24) is 9.97 Å². The van der Waals surface area contributed by atoms with Gasteiger partial charge in [-0.1, -0.05) is 25.5 Å². The lowest BCUT2D eigenvalue weighted by molar-refractivity contribution is -0.137. The molecule has 1 aromatic carbocycles. The molecule has 0 saturated heterocycles. The molecule has 0 aliphatic heterocycles. The molecule has 100 valence electrons. The number of benzene rings is 1. The number of hydrogen-bond donors (Lipinski definition) is 0. The zero-order chi connectivity index (χ0) is 13.9. The Hall–Kier alpha value is -1.91. The molecule has 0 fully saturated rings. The quantitative estimate of drug-likeness (QED) is 0.835. The standard InChI is InChI=1S/C14H13F3N2/c1-2-3-12-8-9-18-13(19-12)10-4-6-11(7-5-10)14(15,16)17/h4-9H,2-3H2,1H3. The van der Waals surface area contributed by atoms with Crippen molar-refractivity contribution < 1.29 is 13.2 Å². The fraction of sp³-hybridized carbons (Fsp3) is 0.286. The summed E-state index contributed by atoms with van der Waals surface area (Å²) in [5, 5.41) is 0. The van der Waals surface area contributed by atoms with Gasteiger partial charge < -0.3 is 0 Å². The Balaban J connectivity index is 2.29. The molecule has 1 aromatic heterocycles. The second-order valence-corrected chi connectivity index (χ2v) is 4.20. The smallest absolute Gasteiger partial charge is 0.237 e. The Bertz CT molecular complexity index is 547. The first-order chi connectivity index (χ1) is 9.00. The third-order valence-electron chi connectivity index (χ3n) is 2.69. The Morgan fingerprint density at radius 1 is 1.05 bits per heavy atom. The molecule has 2 aromatic rings. The number of halogens is 3. The number of aromatic nitrogens is 2. The van der Waals surface area contributed by atoms with E-state index in [1.165, 1.54) is 12.1 Å². The monoisotopic (exact) mass is 266 g/mol. The average molecular weight is 266 g/mol. The van der Waals surface area contributed by atoms with Gasteiger partial charge in [0.1, 0.15) is 0 Å². The average Bonchev–Trinajstić information content (AvgIpc) is 2.39. The van der Waals surface area contributed by atoms with Gasteiger partial charge in [-0.2, -0.15) is 13.2 Å². The normalized spacial score (nSPS) is 11.6. The summed E-state index contributed by atoms with van der Waals surface area (Å²) in [6, 6.07) is 6.70. The van der Waals surface area contributed by atoms with Crippen LogP contribution in [-0.2, 0) is 12.6 Å². The van der Waals surface area contributed by atoms with Gasteiger partial charge in [0.2, 0.25) is 0 Å². The van der Waals surface area contributed by atoms with Crippen LogP contribution in [0.2, 0.25) is 0 Å². The lowest BCUT2D eigenvalue weighted by atomic mass is 10.1. The largest absolute Gasteiger partial charge is 0.416 e. The summed E-state index contributed by atoms with van der Waals surface area (Å²) in [6.45, 7) is 2.04. The van der Waals surface area contributed by atoms with Crippen molar-refractivity contribution in [2.75, 3.05) is 0 Å². The Labute approximate surface area is 109 Å². The maximum absolute atomic E-state index is 12.5. The summed E-state index contributed by atoms with van der Waals surface area (Å²) in [6.07, 6.45) is -0.895. The molecule has 0 amide bonds. The molecule has 0 spiro atoms. The van der Waals surface area contributed by atoms with Crippen molar-refractivity contribution in [2.24, 2.45) is 0 Å². The van der Waals surface area contributed by atoms with Gasteiger partial charge in [0.05, 0.1) is 5.56 Å². The van der Waals surface area contributed by atoms with Crippen LogP contribution in [0.5, 0.6) is 0 Å². The van der Waals surface area contributed by atoms with Gasteiger partial charge in [0.15, 0.2) is 5.82 Å². The SMILES string of the molecule is CCCc1ccnc(-c2ccc(C(F)(F)F)cc2)n1. The van der Waals surface area contributed by atoms with Crippen molar-refractivity contribution >= 4 is 0 Å². The van der Waals surface area contributed by atoms with Crippen molar-refractivity contribution in [3.05, 3.63) is 47.8 Å². The molecular weight excluding hydrogens is 253 g/mol. The van der Waals surface area contributed by atoms with Gasteiger partial charge in [-0.05, 0) is 24.6 Å². The van der Waals surface area contributed by atoms with E-state index in [4.69, 9.17) is 0 Å². The molecule has 0 atom stereocenters. The molecular formula is C14H13F3N2. The molecule has 0 aliphatic carbocycles. The van der Waals surface area contributed by atoms with Crippen LogP contribution in [0.25, 0.3) is 11.4 Å². The van der Waals surface area contributed by atoms with Crippen LogP contribution in [0.3, 0.4) is 0 Å². The molecule has 1 heterocycles. The lowest BCUT2D eigenvalue weighted by Gasteiger charge is -2.07. The Kier molecular flexibility index (Phi) is 3.83. The van der Waals surface area contributed by atoms with Gasteiger partial charge in [-0.25, -0.2) is 9.97 Å². The summed E-state index contributed by atoms with van der Waals surface area (Å²) >= 11 is 0. The second kappa shape index (κ2) is 5.38. The van der Waals surface area contributed by atoms with Gasteiger partial charge in [-0.3, -0.25) is 0 Å². The molecule has 0 aliphatic rings. The number of rotatable bonds is 3. The Morgan fingerprint density at radius 3 is 2.32 bits per heavy atom. The van der Waals surface area contributed by atoms with Crippen LogP contribution in [-0.4, -0.2) is 9.97 Å². The first-order valence-electron chi connectivity index (χ1n) is 6.00. The zero-order valence-corrected chi connectivity index (χ0v) is 10.4. The molecule has 0 radical (unpaired) electrons. The highest BCUT2D eigenvalue weighted by atomic mass is 19.4. The topological polar surface area (TPSA) is 25.8 Å². The Morgan fingerprint density at radius 2 is 1.74 bits per heavy atom. The lowest BCUT2D eigenvalue weighted by Crippen LogP contribution is -2.04. The van der Waals surface area contributed by atoms with Crippen molar-refractivity contribution in [1.29, 1.82) is 0 Å². The number of hydrogen-bond acceptors (Lipinski definition) is 2. The van der Waals surface area contributed by atoms with E-state index in [-0.39, 0.29) is 0 Å². The number of nitrogens with zero attached hydrogens (tertiary/aromatic N) is 2. The first-order valence-corrected chi connectivity index (χ1v) is 6.00. The van der Waals surface area contributed by atoms with Crippen LogP contribution in [0.15, 0.2) is 36.5 Å². The zero-order valence-electron chi connectivity index (χ0n) is 10.4. The molecule has 5 heteroatoms. The van der Waals surface area contributed by atoms with Crippen LogP contribution >= 0.6 is 0 Å². The highest BCUT2D eigenvalue weighted by molar-refractivity contribution is 5.55. The summed E-state index contributed by atoms with van der Waals surface area (Å²) < 4.78 is 37.4.